The predicted molar refractivity (Wildman–Crippen MR) is 53.1 cm³/mol. The molecule has 1 aromatic carbocycles. The number of amides is 1. The zero-order valence-corrected chi connectivity index (χ0v) is 7.68. The molecule has 15 heavy (non-hydrogen) atoms. The Hall–Kier alpha value is -2.37. The molecule has 76 valence electrons. The van der Waals surface area contributed by atoms with Gasteiger partial charge in [-0.25, -0.2) is 4.63 Å². The highest BCUT2D eigenvalue weighted by atomic mass is 16.6. The third kappa shape index (κ3) is 1.93. The number of nitrogens with one attached hydrogen (secondary N) is 1. The maximum absolute atomic E-state index is 11.5. The van der Waals surface area contributed by atoms with Gasteiger partial charge in [-0.2, -0.15) is 0 Å². The molecule has 3 N–H and O–H groups in total. The molecule has 6 nitrogen and oxygen atoms in total. The second kappa shape index (κ2) is 3.79. The van der Waals surface area contributed by atoms with Gasteiger partial charge in [0, 0.05) is 5.69 Å². The Bertz CT molecular complexity index is 466. The summed E-state index contributed by atoms with van der Waals surface area (Å²) in [5, 5.41) is 9.30. The van der Waals surface area contributed by atoms with E-state index in [0.29, 0.717) is 5.69 Å². The fraction of sp³-hybridized carbons (Fsp3) is 0. The Labute approximate surface area is 85.0 Å². The van der Waals surface area contributed by atoms with Crippen LogP contribution in [-0.2, 0) is 0 Å². The lowest BCUT2D eigenvalue weighted by Crippen LogP contribution is -2.14. The van der Waals surface area contributed by atoms with E-state index in [9.17, 15) is 4.79 Å². The van der Waals surface area contributed by atoms with Crippen molar-refractivity contribution in [2.45, 2.75) is 0 Å². The van der Waals surface area contributed by atoms with Gasteiger partial charge in [-0.1, -0.05) is 18.2 Å². The minimum Gasteiger partial charge on any atom is -0.379 e. The van der Waals surface area contributed by atoms with Crippen molar-refractivity contribution < 1.29 is 9.42 Å². The van der Waals surface area contributed by atoms with Crippen LogP contribution in [0.15, 0.2) is 35.0 Å². The molecule has 0 saturated carbocycles. The molecule has 0 unspecified atom stereocenters. The van der Waals surface area contributed by atoms with Crippen LogP contribution in [0.5, 0.6) is 0 Å². The number of para-hydroxylation sites is 1. The molecule has 1 amide bonds. The van der Waals surface area contributed by atoms with E-state index in [1.54, 1.807) is 24.3 Å². The molecule has 1 aromatic heterocycles. The standard InChI is InChI=1S/C9H8N4O2/c10-8-7(12-15-13-8)9(14)11-6-4-2-1-3-5-6/h1-5H,(H2,10,13)(H,11,14). The topological polar surface area (TPSA) is 94.0 Å². The number of nitrogen functional groups attached to an aromatic ring is 1. The number of aromatic nitrogens is 2. The second-order valence-electron chi connectivity index (χ2n) is 2.82. The number of carbonyl (C=O) groups excluding carboxylic acids is 1. The molecule has 0 spiro atoms. The lowest BCUT2D eigenvalue weighted by Gasteiger charge is -2.01. The van der Waals surface area contributed by atoms with Crippen molar-refractivity contribution in [1.82, 2.24) is 10.3 Å². The van der Waals surface area contributed by atoms with Crippen LogP contribution in [0.25, 0.3) is 0 Å². The van der Waals surface area contributed by atoms with Crippen LogP contribution in [0, 0.1) is 0 Å². The molecule has 2 aromatic rings. The van der Waals surface area contributed by atoms with Gasteiger partial charge in [-0.15, -0.1) is 0 Å². The van der Waals surface area contributed by atoms with Gasteiger partial charge in [0.05, 0.1) is 0 Å². The molecular formula is C9H8N4O2. The quantitative estimate of drug-likeness (QED) is 0.758. The maximum Gasteiger partial charge on any atom is 0.281 e. The van der Waals surface area contributed by atoms with Crippen LogP contribution in [-0.4, -0.2) is 16.2 Å². The number of benzene rings is 1. The minimum atomic E-state index is -0.444. The fourth-order valence-corrected chi connectivity index (χ4v) is 1.06. The van der Waals surface area contributed by atoms with Gasteiger partial charge in [-0.05, 0) is 22.4 Å². The number of nitrogens with zero attached hydrogens (tertiary/aromatic N) is 2. The molecule has 2 rings (SSSR count). The highest BCUT2D eigenvalue weighted by molar-refractivity contribution is 6.05. The number of nitrogens with two attached hydrogens (primary N) is 1. The minimum absolute atomic E-state index is 0.0150. The summed E-state index contributed by atoms with van der Waals surface area (Å²) in [5.41, 5.74) is 6.01. The zero-order chi connectivity index (χ0) is 10.7. The zero-order valence-electron chi connectivity index (χ0n) is 7.68. The van der Waals surface area contributed by atoms with Gasteiger partial charge < -0.3 is 11.1 Å². The van der Waals surface area contributed by atoms with E-state index in [0.717, 1.165) is 0 Å². The molecule has 0 fully saturated rings. The third-order valence-corrected chi connectivity index (χ3v) is 1.76. The van der Waals surface area contributed by atoms with Crippen LogP contribution in [0.1, 0.15) is 10.5 Å². The van der Waals surface area contributed by atoms with Crippen LogP contribution < -0.4 is 11.1 Å². The Morgan fingerprint density at radius 1 is 1.27 bits per heavy atom. The average Bonchev–Trinajstić information content (AvgIpc) is 2.66. The molecule has 1 heterocycles. The highest BCUT2D eigenvalue weighted by Gasteiger charge is 2.15. The van der Waals surface area contributed by atoms with Crippen LogP contribution >= 0.6 is 0 Å². The van der Waals surface area contributed by atoms with Gasteiger partial charge in [-0.3, -0.25) is 4.79 Å². The fourth-order valence-electron chi connectivity index (χ4n) is 1.06. The summed E-state index contributed by atoms with van der Waals surface area (Å²) in [6.45, 7) is 0. The van der Waals surface area contributed by atoms with E-state index in [2.05, 4.69) is 20.3 Å². The Kier molecular flexibility index (Phi) is 2.32. The molecule has 0 aliphatic rings. The summed E-state index contributed by atoms with van der Waals surface area (Å²) >= 11 is 0. The van der Waals surface area contributed by atoms with E-state index in [-0.39, 0.29) is 11.5 Å². The van der Waals surface area contributed by atoms with Crippen molar-refractivity contribution in [3.8, 4) is 0 Å². The van der Waals surface area contributed by atoms with E-state index in [1.165, 1.54) is 0 Å². The third-order valence-electron chi connectivity index (χ3n) is 1.76. The first-order valence-electron chi connectivity index (χ1n) is 4.22. The lowest BCUT2D eigenvalue weighted by molar-refractivity contribution is 0.101. The van der Waals surface area contributed by atoms with Crippen molar-refractivity contribution in [3.05, 3.63) is 36.0 Å². The van der Waals surface area contributed by atoms with Gasteiger partial charge in [0.25, 0.3) is 5.91 Å². The summed E-state index contributed by atoms with van der Waals surface area (Å²) < 4.78 is 4.32. The molecule has 0 atom stereocenters. The maximum atomic E-state index is 11.5. The number of hydrogen-bond donors (Lipinski definition) is 2. The number of carbonyl (C=O) groups is 1. The lowest BCUT2D eigenvalue weighted by atomic mass is 10.3. The van der Waals surface area contributed by atoms with Crippen LogP contribution in [0.2, 0.25) is 0 Å². The van der Waals surface area contributed by atoms with Gasteiger partial charge in [0.15, 0.2) is 0 Å². The smallest absolute Gasteiger partial charge is 0.281 e. The summed E-state index contributed by atoms with van der Waals surface area (Å²) in [6, 6.07) is 8.96. The Morgan fingerprint density at radius 3 is 2.60 bits per heavy atom. The largest absolute Gasteiger partial charge is 0.379 e. The SMILES string of the molecule is Nc1nonc1C(=O)Nc1ccccc1. The average molecular weight is 204 g/mol. The first-order chi connectivity index (χ1) is 7.27. The van der Waals surface area contributed by atoms with Crippen molar-refractivity contribution in [2.24, 2.45) is 0 Å². The van der Waals surface area contributed by atoms with Crippen molar-refractivity contribution in [1.29, 1.82) is 0 Å². The molecular weight excluding hydrogens is 196 g/mol. The first-order valence-corrected chi connectivity index (χ1v) is 4.22. The van der Waals surface area contributed by atoms with E-state index in [4.69, 9.17) is 5.73 Å². The van der Waals surface area contributed by atoms with Gasteiger partial charge in [0.2, 0.25) is 11.5 Å². The van der Waals surface area contributed by atoms with Gasteiger partial charge in [0.1, 0.15) is 0 Å². The Morgan fingerprint density at radius 2 is 2.00 bits per heavy atom. The second-order valence-corrected chi connectivity index (χ2v) is 2.82. The van der Waals surface area contributed by atoms with Gasteiger partial charge >= 0.3 is 0 Å². The van der Waals surface area contributed by atoms with Crippen molar-refractivity contribution >= 4 is 17.4 Å². The molecule has 0 aliphatic carbocycles. The first kappa shape index (κ1) is 9.20. The molecule has 6 heteroatoms. The highest BCUT2D eigenvalue weighted by Crippen LogP contribution is 2.10. The van der Waals surface area contributed by atoms with Crippen LogP contribution in [0.3, 0.4) is 0 Å². The molecule has 0 saturated heterocycles. The normalized spacial score (nSPS) is 9.87. The van der Waals surface area contributed by atoms with E-state index < -0.39 is 5.91 Å². The number of hydrogen-bond acceptors (Lipinski definition) is 5. The Balaban J connectivity index is 2.15. The summed E-state index contributed by atoms with van der Waals surface area (Å²) in [6.07, 6.45) is 0. The monoisotopic (exact) mass is 204 g/mol. The number of rotatable bonds is 2. The summed E-state index contributed by atoms with van der Waals surface area (Å²) in [4.78, 5) is 11.5. The predicted octanol–water partition coefficient (Wildman–Crippen LogP) is 0.904. The van der Waals surface area contributed by atoms with Crippen molar-refractivity contribution in [3.63, 3.8) is 0 Å². The molecule has 0 aliphatic heterocycles. The number of anilines is 2. The van der Waals surface area contributed by atoms with Crippen molar-refractivity contribution in [2.75, 3.05) is 11.1 Å². The molecule has 0 radical (unpaired) electrons. The summed E-state index contributed by atoms with van der Waals surface area (Å²) in [7, 11) is 0. The van der Waals surface area contributed by atoms with E-state index >= 15 is 0 Å². The molecule has 0 bridgehead atoms. The summed E-state index contributed by atoms with van der Waals surface area (Å²) in [5.74, 6) is -0.469. The van der Waals surface area contributed by atoms with E-state index in [1.807, 2.05) is 6.07 Å². The van der Waals surface area contributed by atoms with Crippen LogP contribution in [0.4, 0.5) is 11.5 Å².